The van der Waals surface area contributed by atoms with Gasteiger partial charge in [0.2, 0.25) is 0 Å². The Morgan fingerprint density at radius 2 is 2.00 bits per heavy atom. The standard InChI is InChI=1S/C15H18N4/c1-16-14-9-15(18-10-17-14)19-13-8-4-6-11-5-2-3-7-12(11)13/h2-3,5,7,9-10,13H,4,6,8H2,1H3,(H2,16,17,18,19). The molecule has 0 saturated carbocycles. The van der Waals surface area contributed by atoms with Gasteiger partial charge in [-0.3, -0.25) is 0 Å². The van der Waals surface area contributed by atoms with Crippen LogP contribution in [0.5, 0.6) is 0 Å². The number of aromatic nitrogens is 2. The molecule has 1 atom stereocenters. The predicted octanol–water partition coefficient (Wildman–Crippen LogP) is 3.01. The van der Waals surface area contributed by atoms with Gasteiger partial charge < -0.3 is 10.6 Å². The molecule has 98 valence electrons. The first-order chi connectivity index (χ1) is 9.36. The molecule has 0 saturated heterocycles. The molecule has 0 spiro atoms. The Bertz CT molecular complexity index is 568. The molecule has 1 aliphatic rings. The first-order valence-corrected chi connectivity index (χ1v) is 6.71. The smallest absolute Gasteiger partial charge is 0.131 e. The second-order valence-corrected chi connectivity index (χ2v) is 4.83. The maximum absolute atomic E-state index is 4.29. The Labute approximate surface area is 113 Å². The van der Waals surface area contributed by atoms with E-state index >= 15 is 0 Å². The lowest BCUT2D eigenvalue weighted by Crippen LogP contribution is -2.18. The van der Waals surface area contributed by atoms with Gasteiger partial charge in [-0.15, -0.1) is 0 Å². The summed E-state index contributed by atoms with van der Waals surface area (Å²) in [5.74, 6) is 1.71. The number of aryl methyl sites for hydroxylation is 1. The minimum Gasteiger partial charge on any atom is -0.373 e. The highest BCUT2D eigenvalue weighted by Gasteiger charge is 2.19. The summed E-state index contributed by atoms with van der Waals surface area (Å²) in [6.45, 7) is 0. The average Bonchev–Trinajstić information content (AvgIpc) is 2.48. The molecule has 0 radical (unpaired) electrons. The van der Waals surface area contributed by atoms with Crippen molar-refractivity contribution in [1.29, 1.82) is 0 Å². The predicted molar refractivity (Wildman–Crippen MR) is 77.3 cm³/mol. The normalized spacial score (nSPS) is 17.6. The second-order valence-electron chi connectivity index (χ2n) is 4.83. The fourth-order valence-corrected chi connectivity index (χ4v) is 2.66. The summed E-state index contributed by atoms with van der Waals surface area (Å²) in [5, 5.41) is 6.55. The Morgan fingerprint density at radius 3 is 2.89 bits per heavy atom. The monoisotopic (exact) mass is 254 g/mol. The van der Waals surface area contributed by atoms with Gasteiger partial charge in [0, 0.05) is 13.1 Å². The maximum atomic E-state index is 4.29. The molecule has 4 nitrogen and oxygen atoms in total. The van der Waals surface area contributed by atoms with Gasteiger partial charge in [0.25, 0.3) is 0 Å². The number of nitrogens with zero attached hydrogens (tertiary/aromatic N) is 2. The lowest BCUT2D eigenvalue weighted by molar-refractivity contribution is 0.598. The molecule has 19 heavy (non-hydrogen) atoms. The summed E-state index contributed by atoms with van der Waals surface area (Å²) >= 11 is 0. The van der Waals surface area contributed by atoms with Crippen LogP contribution < -0.4 is 10.6 Å². The van der Waals surface area contributed by atoms with E-state index in [1.807, 2.05) is 13.1 Å². The molecule has 0 fully saturated rings. The number of hydrogen-bond donors (Lipinski definition) is 2. The van der Waals surface area contributed by atoms with Crippen LogP contribution in [0.1, 0.15) is 30.0 Å². The fourth-order valence-electron chi connectivity index (χ4n) is 2.66. The van der Waals surface area contributed by atoms with E-state index in [2.05, 4.69) is 44.9 Å². The van der Waals surface area contributed by atoms with Gasteiger partial charge in [-0.2, -0.15) is 0 Å². The number of rotatable bonds is 3. The third-order valence-electron chi connectivity index (χ3n) is 3.61. The lowest BCUT2D eigenvalue weighted by Gasteiger charge is -2.26. The van der Waals surface area contributed by atoms with E-state index in [0.29, 0.717) is 6.04 Å². The molecule has 2 N–H and O–H groups in total. The van der Waals surface area contributed by atoms with E-state index in [-0.39, 0.29) is 0 Å². The molecule has 0 aliphatic heterocycles. The molecule has 1 unspecified atom stereocenters. The molecular weight excluding hydrogens is 236 g/mol. The van der Waals surface area contributed by atoms with Gasteiger partial charge in [-0.25, -0.2) is 9.97 Å². The van der Waals surface area contributed by atoms with Gasteiger partial charge in [0.1, 0.15) is 18.0 Å². The molecule has 3 rings (SSSR count). The molecule has 2 aromatic rings. The van der Waals surface area contributed by atoms with Crippen LogP contribution >= 0.6 is 0 Å². The highest BCUT2D eigenvalue weighted by molar-refractivity contribution is 5.48. The van der Waals surface area contributed by atoms with E-state index in [4.69, 9.17) is 0 Å². The minimum atomic E-state index is 0.351. The maximum Gasteiger partial charge on any atom is 0.131 e. The van der Waals surface area contributed by atoms with Crippen molar-refractivity contribution in [2.75, 3.05) is 17.7 Å². The Balaban J connectivity index is 1.84. The molecular formula is C15H18N4. The van der Waals surface area contributed by atoms with Crippen LogP contribution in [0.25, 0.3) is 0 Å². The van der Waals surface area contributed by atoms with Crippen molar-refractivity contribution in [2.45, 2.75) is 25.3 Å². The zero-order chi connectivity index (χ0) is 13.1. The van der Waals surface area contributed by atoms with Crippen LogP contribution in [0.4, 0.5) is 11.6 Å². The molecule has 1 aromatic carbocycles. The lowest BCUT2D eigenvalue weighted by atomic mass is 9.88. The molecule has 0 amide bonds. The first-order valence-electron chi connectivity index (χ1n) is 6.71. The largest absolute Gasteiger partial charge is 0.373 e. The van der Waals surface area contributed by atoms with Crippen LogP contribution in [0.15, 0.2) is 36.7 Å². The van der Waals surface area contributed by atoms with Crippen LogP contribution in [0.3, 0.4) is 0 Å². The van der Waals surface area contributed by atoms with Gasteiger partial charge in [-0.05, 0) is 30.4 Å². The number of hydrogen-bond acceptors (Lipinski definition) is 4. The van der Waals surface area contributed by atoms with Crippen molar-refractivity contribution in [3.05, 3.63) is 47.8 Å². The Hall–Kier alpha value is -2.10. The van der Waals surface area contributed by atoms with Crippen molar-refractivity contribution in [3.8, 4) is 0 Å². The number of nitrogens with one attached hydrogen (secondary N) is 2. The molecule has 0 bridgehead atoms. The van der Waals surface area contributed by atoms with Crippen LogP contribution in [0, 0.1) is 0 Å². The van der Waals surface area contributed by atoms with Gasteiger partial charge >= 0.3 is 0 Å². The molecule has 1 heterocycles. The van der Waals surface area contributed by atoms with Crippen molar-refractivity contribution in [2.24, 2.45) is 0 Å². The summed E-state index contributed by atoms with van der Waals surface area (Å²) in [4.78, 5) is 8.43. The van der Waals surface area contributed by atoms with E-state index < -0.39 is 0 Å². The summed E-state index contributed by atoms with van der Waals surface area (Å²) in [5.41, 5.74) is 2.85. The Kier molecular flexibility index (Phi) is 3.31. The van der Waals surface area contributed by atoms with Crippen molar-refractivity contribution in [1.82, 2.24) is 9.97 Å². The van der Waals surface area contributed by atoms with Crippen molar-refractivity contribution in [3.63, 3.8) is 0 Å². The molecule has 1 aromatic heterocycles. The quantitative estimate of drug-likeness (QED) is 0.884. The van der Waals surface area contributed by atoms with Gasteiger partial charge in [0.05, 0.1) is 6.04 Å². The fraction of sp³-hybridized carbons (Fsp3) is 0.333. The highest BCUT2D eigenvalue weighted by atomic mass is 15.1. The summed E-state index contributed by atoms with van der Waals surface area (Å²) in [6.07, 6.45) is 5.14. The summed E-state index contributed by atoms with van der Waals surface area (Å²) in [7, 11) is 1.86. The van der Waals surface area contributed by atoms with Gasteiger partial charge in [-0.1, -0.05) is 24.3 Å². The zero-order valence-electron chi connectivity index (χ0n) is 11.1. The number of fused-ring (bicyclic) bond motifs is 1. The van der Waals surface area contributed by atoms with E-state index in [9.17, 15) is 0 Å². The van der Waals surface area contributed by atoms with E-state index in [0.717, 1.165) is 18.1 Å². The van der Waals surface area contributed by atoms with Crippen LogP contribution in [-0.4, -0.2) is 17.0 Å². The number of anilines is 2. The summed E-state index contributed by atoms with van der Waals surface area (Å²) in [6, 6.07) is 11.0. The number of benzene rings is 1. The summed E-state index contributed by atoms with van der Waals surface area (Å²) < 4.78 is 0. The van der Waals surface area contributed by atoms with Crippen molar-refractivity contribution >= 4 is 11.6 Å². The van der Waals surface area contributed by atoms with E-state index in [1.165, 1.54) is 24.0 Å². The Morgan fingerprint density at radius 1 is 1.16 bits per heavy atom. The zero-order valence-corrected chi connectivity index (χ0v) is 11.1. The minimum absolute atomic E-state index is 0.351. The van der Waals surface area contributed by atoms with Crippen LogP contribution in [0.2, 0.25) is 0 Å². The van der Waals surface area contributed by atoms with Crippen molar-refractivity contribution < 1.29 is 0 Å². The topological polar surface area (TPSA) is 49.8 Å². The van der Waals surface area contributed by atoms with Gasteiger partial charge in [0.15, 0.2) is 0 Å². The first kappa shape index (κ1) is 12.0. The SMILES string of the molecule is CNc1cc(NC2CCCc3ccccc32)ncn1. The second kappa shape index (κ2) is 5.26. The molecule has 4 heteroatoms. The van der Waals surface area contributed by atoms with Crippen LogP contribution in [-0.2, 0) is 6.42 Å². The van der Waals surface area contributed by atoms with E-state index in [1.54, 1.807) is 6.33 Å². The third kappa shape index (κ3) is 2.52. The molecule has 1 aliphatic carbocycles. The average molecular weight is 254 g/mol. The highest BCUT2D eigenvalue weighted by Crippen LogP contribution is 2.31. The third-order valence-corrected chi connectivity index (χ3v) is 3.61.